The van der Waals surface area contributed by atoms with Gasteiger partial charge in [0.1, 0.15) is 0 Å². The first-order valence-electron chi connectivity index (χ1n) is 7.65. The molecule has 23 heavy (non-hydrogen) atoms. The van der Waals surface area contributed by atoms with Crippen molar-refractivity contribution < 1.29 is 9.59 Å². The van der Waals surface area contributed by atoms with Crippen molar-refractivity contribution in [1.82, 2.24) is 5.32 Å². The van der Waals surface area contributed by atoms with Crippen molar-refractivity contribution in [2.45, 2.75) is 33.6 Å². The summed E-state index contributed by atoms with van der Waals surface area (Å²) in [5, 5.41) is 9.47. The third kappa shape index (κ3) is 4.93. The number of hydrogen-bond donors (Lipinski definition) is 2. The first kappa shape index (κ1) is 17.2. The van der Waals surface area contributed by atoms with Crippen molar-refractivity contribution >= 4 is 28.8 Å². The Morgan fingerprint density at radius 3 is 2.43 bits per heavy atom. The Hall–Kier alpha value is -2.14. The Morgan fingerprint density at radius 1 is 1.13 bits per heavy atom. The Morgan fingerprint density at radius 2 is 1.83 bits per heavy atom. The molecule has 0 aliphatic carbocycles. The van der Waals surface area contributed by atoms with E-state index in [-0.39, 0.29) is 11.8 Å². The smallest absolute Gasteiger partial charge is 0.252 e. The minimum Gasteiger partial charge on any atom is -0.352 e. The highest BCUT2D eigenvalue weighted by molar-refractivity contribution is 7.08. The molecule has 2 amide bonds. The Bertz CT molecular complexity index is 670. The molecular formula is C18H22N2O2S. The van der Waals surface area contributed by atoms with E-state index >= 15 is 0 Å². The highest BCUT2D eigenvalue weighted by Crippen LogP contribution is 2.22. The summed E-state index contributed by atoms with van der Waals surface area (Å²) in [6.07, 6.45) is 1.00. The quantitative estimate of drug-likeness (QED) is 0.791. The van der Waals surface area contributed by atoms with Gasteiger partial charge in [0.25, 0.3) is 5.91 Å². The molecule has 0 saturated carbocycles. The highest BCUT2D eigenvalue weighted by Gasteiger charge is 2.09. The summed E-state index contributed by atoms with van der Waals surface area (Å²) in [5.41, 5.74) is 4.89. The Labute approximate surface area is 140 Å². The van der Waals surface area contributed by atoms with Gasteiger partial charge in [-0.15, -0.1) is 0 Å². The van der Waals surface area contributed by atoms with Crippen LogP contribution >= 0.6 is 11.3 Å². The second-order valence-electron chi connectivity index (χ2n) is 5.69. The third-order valence-corrected chi connectivity index (χ3v) is 4.27. The van der Waals surface area contributed by atoms with Crippen molar-refractivity contribution in [2.24, 2.45) is 0 Å². The van der Waals surface area contributed by atoms with E-state index in [1.807, 2.05) is 31.5 Å². The molecule has 0 fully saturated rings. The van der Waals surface area contributed by atoms with Gasteiger partial charge in [0.05, 0.1) is 0 Å². The molecule has 4 nitrogen and oxygen atoms in total. The van der Waals surface area contributed by atoms with Gasteiger partial charge in [0.2, 0.25) is 5.91 Å². The molecule has 5 heteroatoms. The molecule has 2 aromatic rings. The number of carbonyl (C=O) groups excluding carboxylic acids is 2. The summed E-state index contributed by atoms with van der Waals surface area (Å²) in [6.45, 7) is 6.53. The van der Waals surface area contributed by atoms with Gasteiger partial charge in [0.15, 0.2) is 0 Å². The number of nitrogens with one attached hydrogen (secondary N) is 2. The monoisotopic (exact) mass is 330 g/mol. The molecule has 2 N–H and O–H groups in total. The average molecular weight is 330 g/mol. The number of amides is 2. The maximum Gasteiger partial charge on any atom is 0.252 e. The molecule has 0 aliphatic heterocycles. The second kappa shape index (κ2) is 7.92. The standard InChI is InChI=1S/C18H22N2O2S/c1-12-9-13(2)17(14(3)10-12)20-16(21)5-4-7-19-18(22)15-6-8-23-11-15/h6,8-11H,4-5,7H2,1-3H3,(H,19,22)(H,20,21). The van der Waals surface area contributed by atoms with Crippen molar-refractivity contribution in [3.8, 4) is 0 Å². The minimum atomic E-state index is -0.0862. The van der Waals surface area contributed by atoms with Gasteiger partial charge >= 0.3 is 0 Å². The van der Waals surface area contributed by atoms with Crippen LogP contribution in [0.2, 0.25) is 0 Å². The molecule has 2 rings (SSSR count). The Balaban J connectivity index is 1.77. The van der Waals surface area contributed by atoms with Crippen LogP contribution in [0.1, 0.15) is 39.9 Å². The maximum atomic E-state index is 12.1. The predicted octanol–water partition coefficient (Wildman–Crippen LogP) is 3.82. The van der Waals surface area contributed by atoms with E-state index in [1.54, 1.807) is 6.07 Å². The molecule has 0 atom stereocenters. The molecule has 0 bridgehead atoms. The maximum absolute atomic E-state index is 12.1. The molecule has 0 unspecified atom stereocenters. The molecule has 1 aromatic heterocycles. The number of carbonyl (C=O) groups is 2. The lowest BCUT2D eigenvalue weighted by atomic mass is 10.0. The van der Waals surface area contributed by atoms with Gasteiger partial charge in [-0.2, -0.15) is 11.3 Å². The Kier molecular flexibility index (Phi) is 5.93. The number of aryl methyl sites for hydroxylation is 3. The van der Waals surface area contributed by atoms with Crippen LogP contribution in [0.15, 0.2) is 29.0 Å². The fourth-order valence-electron chi connectivity index (χ4n) is 2.53. The molecule has 122 valence electrons. The zero-order valence-electron chi connectivity index (χ0n) is 13.7. The zero-order chi connectivity index (χ0) is 16.8. The largest absolute Gasteiger partial charge is 0.352 e. The topological polar surface area (TPSA) is 58.2 Å². The van der Waals surface area contributed by atoms with E-state index in [4.69, 9.17) is 0 Å². The molecular weight excluding hydrogens is 308 g/mol. The van der Waals surface area contributed by atoms with Crippen LogP contribution in [0.3, 0.4) is 0 Å². The van der Waals surface area contributed by atoms with E-state index in [1.165, 1.54) is 16.9 Å². The zero-order valence-corrected chi connectivity index (χ0v) is 14.5. The first-order chi connectivity index (χ1) is 11.0. The van der Waals surface area contributed by atoms with Gasteiger partial charge in [0, 0.05) is 29.6 Å². The molecule has 0 radical (unpaired) electrons. The number of hydrogen-bond acceptors (Lipinski definition) is 3. The van der Waals surface area contributed by atoms with Gasteiger partial charge in [-0.05, 0) is 49.8 Å². The van der Waals surface area contributed by atoms with E-state index in [0.717, 1.165) is 16.8 Å². The van der Waals surface area contributed by atoms with E-state index in [0.29, 0.717) is 24.9 Å². The fraction of sp³-hybridized carbons (Fsp3) is 0.333. The van der Waals surface area contributed by atoms with Crippen LogP contribution in [0, 0.1) is 20.8 Å². The van der Waals surface area contributed by atoms with E-state index in [2.05, 4.69) is 22.8 Å². The fourth-order valence-corrected chi connectivity index (χ4v) is 3.16. The molecule has 1 aromatic carbocycles. The van der Waals surface area contributed by atoms with Crippen molar-refractivity contribution in [3.05, 3.63) is 51.2 Å². The number of anilines is 1. The summed E-state index contributed by atoms with van der Waals surface area (Å²) in [5.74, 6) is -0.110. The minimum absolute atomic E-state index is 0.0233. The van der Waals surface area contributed by atoms with Crippen molar-refractivity contribution in [3.63, 3.8) is 0 Å². The summed E-state index contributed by atoms with van der Waals surface area (Å²) >= 11 is 1.49. The van der Waals surface area contributed by atoms with E-state index in [9.17, 15) is 9.59 Å². The average Bonchev–Trinajstić information content (AvgIpc) is 3.01. The molecule has 0 spiro atoms. The molecule has 1 heterocycles. The van der Waals surface area contributed by atoms with Crippen molar-refractivity contribution in [2.75, 3.05) is 11.9 Å². The number of thiophene rings is 1. The highest BCUT2D eigenvalue weighted by atomic mass is 32.1. The van der Waals surface area contributed by atoms with Crippen LogP contribution in [-0.2, 0) is 4.79 Å². The van der Waals surface area contributed by atoms with Crippen molar-refractivity contribution in [1.29, 1.82) is 0 Å². The van der Waals surface area contributed by atoms with Gasteiger partial charge < -0.3 is 10.6 Å². The predicted molar refractivity (Wildman–Crippen MR) is 95.2 cm³/mol. The lowest BCUT2D eigenvalue weighted by molar-refractivity contribution is -0.116. The lowest BCUT2D eigenvalue weighted by Gasteiger charge is -2.13. The van der Waals surface area contributed by atoms with Crippen LogP contribution in [0.25, 0.3) is 0 Å². The third-order valence-electron chi connectivity index (χ3n) is 3.59. The SMILES string of the molecule is Cc1cc(C)c(NC(=O)CCCNC(=O)c2ccsc2)c(C)c1. The first-order valence-corrected chi connectivity index (χ1v) is 8.59. The normalized spacial score (nSPS) is 10.4. The number of benzene rings is 1. The van der Waals surface area contributed by atoms with Crippen LogP contribution in [0.5, 0.6) is 0 Å². The van der Waals surface area contributed by atoms with E-state index < -0.39 is 0 Å². The van der Waals surface area contributed by atoms with Gasteiger partial charge in [-0.1, -0.05) is 17.7 Å². The van der Waals surface area contributed by atoms with Gasteiger partial charge in [-0.3, -0.25) is 9.59 Å². The van der Waals surface area contributed by atoms with Crippen LogP contribution in [0.4, 0.5) is 5.69 Å². The van der Waals surface area contributed by atoms with Gasteiger partial charge in [-0.25, -0.2) is 0 Å². The number of rotatable bonds is 6. The van der Waals surface area contributed by atoms with Crippen LogP contribution in [-0.4, -0.2) is 18.4 Å². The summed E-state index contributed by atoms with van der Waals surface area (Å²) < 4.78 is 0. The summed E-state index contributed by atoms with van der Waals surface area (Å²) in [6, 6.07) is 5.91. The summed E-state index contributed by atoms with van der Waals surface area (Å²) in [4.78, 5) is 23.8. The second-order valence-corrected chi connectivity index (χ2v) is 6.47. The lowest BCUT2D eigenvalue weighted by Crippen LogP contribution is -2.25. The van der Waals surface area contributed by atoms with Crippen LogP contribution < -0.4 is 10.6 Å². The molecule has 0 aliphatic rings. The summed E-state index contributed by atoms with van der Waals surface area (Å²) in [7, 11) is 0. The molecule has 0 saturated heterocycles.